The first-order chi connectivity index (χ1) is 8.94. The molecule has 1 aliphatic heterocycles. The van der Waals surface area contributed by atoms with Crippen molar-refractivity contribution < 1.29 is 14.6 Å². The number of ether oxygens (including phenoxy) is 1. The molecule has 104 valence electrons. The van der Waals surface area contributed by atoms with Gasteiger partial charge in [-0.3, -0.25) is 4.79 Å². The summed E-state index contributed by atoms with van der Waals surface area (Å²) < 4.78 is 5.12. The van der Waals surface area contributed by atoms with Crippen LogP contribution in [0.15, 0.2) is 18.2 Å². The van der Waals surface area contributed by atoms with Crippen LogP contribution in [0.25, 0.3) is 0 Å². The molecule has 0 radical (unpaired) electrons. The number of hydrogen-bond donors (Lipinski definition) is 2. The first-order valence-corrected chi connectivity index (χ1v) is 6.39. The largest absolute Gasteiger partial charge is 0.495 e. The second-order valence-electron chi connectivity index (χ2n) is 5.21. The Labute approximate surface area is 113 Å². The third-order valence-electron chi connectivity index (χ3n) is 3.64. The number of carbonyl (C=O) groups is 1. The highest BCUT2D eigenvalue weighted by Crippen LogP contribution is 2.28. The molecule has 19 heavy (non-hydrogen) atoms. The minimum absolute atomic E-state index is 0.105. The van der Waals surface area contributed by atoms with Crippen LogP contribution in [0, 0.1) is 0 Å². The number of anilines is 1. The molecule has 1 aromatic carbocycles. The SMILES string of the molecule is COc1cccc(C(=O)N2CCC(C)(O)CC2)c1N. The van der Waals surface area contributed by atoms with Gasteiger partial charge >= 0.3 is 0 Å². The fourth-order valence-electron chi connectivity index (χ4n) is 2.27. The summed E-state index contributed by atoms with van der Waals surface area (Å²) in [5.41, 5.74) is 6.09. The van der Waals surface area contributed by atoms with Crippen LogP contribution in [-0.4, -0.2) is 41.7 Å². The Kier molecular flexibility index (Phi) is 3.66. The zero-order chi connectivity index (χ0) is 14.0. The number of para-hydroxylation sites is 1. The lowest BCUT2D eigenvalue weighted by molar-refractivity contribution is -0.00199. The van der Waals surface area contributed by atoms with Gasteiger partial charge in [0, 0.05) is 13.1 Å². The van der Waals surface area contributed by atoms with Crippen LogP contribution in [0.2, 0.25) is 0 Å². The maximum atomic E-state index is 12.4. The molecule has 0 saturated carbocycles. The zero-order valence-corrected chi connectivity index (χ0v) is 11.3. The van der Waals surface area contributed by atoms with Gasteiger partial charge in [0.15, 0.2) is 0 Å². The summed E-state index contributed by atoms with van der Waals surface area (Å²) in [7, 11) is 1.53. The number of rotatable bonds is 2. The first-order valence-electron chi connectivity index (χ1n) is 6.39. The van der Waals surface area contributed by atoms with Gasteiger partial charge in [-0.05, 0) is 31.9 Å². The summed E-state index contributed by atoms with van der Waals surface area (Å²) in [5, 5.41) is 9.90. The number of carbonyl (C=O) groups excluding carboxylic acids is 1. The molecular weight excluding hydrogens is 244 g/mol. The molecule has 0 aromatic heterocycles. The summed E-state index contributed by atoms with van der Waals surface area (Å²) in [6, 6.07) is 5.18. The van der Waals surface area contributed by atoms with Crippen molar-refractivity contribution in [1.82, 2.24) is 4.90 Å². The fraction of sp³-hybridized carbons (Fsp3) is 0.500. The van der Waals surface area contributed by atoms with Crippen LogP contribution < -0.4 is 10.5 Å². The lowest BCUT2D eigenvalue weighted by atomic mass is 9.93. The van der Waals surface area contributed by atoms with E-state index in [1.165, 1.54) is 7.11 Å². The molecule has 0 unspecified atom stereocenters. The highest BCUT2D eigenvalue weighted by Gasteiger charge is 2.30. The highest BCUT2D eigenvalue weighted by molar-refractivity contribution is 6.00. The van der Waals surface area contributed by atoms with E-state index in [1.807, 2.05) is 0 Å². The van der Waals surface area contributed by atoms with Gasteiger partial charge < -0.3 is 20.5 Å². The van der Waals surface area contributed by atoms with E-state index >= 15 is 0 Å². The highest BCUT2D eigenvalue weighted by atomic mass is 16.5. The van der Waals surface area contributed by atoms with Crippen molar-refractivity contribution in [3.8, 4) is 5.75 Å². The number of nitrogen functional groups attached to an aromatic ring is 1. The van der Waals surface area contributed by atoms with E-state index in [9.17, 15) is 9.90 Å². The molecule has 3 N–H and O–H groups in total. The third-order valence-corrected chi connectivity index (χ3v) is 3.64. The summed E-state index contributed by atoms with van der Waals surface area (Å²) in [5.74, 6) is 0.404. The molecule has 0 bridgehead atoms. The molecule has 0 aliphatic carbocycles. The Balaban J connectivity index is 2.17. The molecule has 1 fully saturated rings. The molecule has 1 aromatic rings. The van der Waals surface area contributed by atoms with Gasteiger partial charge in [0.05, 0.1) is 24.0 Å². The predicted molar refractivity (Wildman–Crippen MR) is 73.2 cm³/mol. The molecule has 1 amide bonds. The van der Waals surface area contributed by atoms with Crippen LogP contribution in [0.5, 0.6) is 5.75 Å². The number of hydrogen-bond acceptors (Lipinski definition) is 4. The predicted octanol–water partition coefficient (Wildman–Crippen LogP) is 1.26. The Morgan fingerprint density at radius 3 is 2.63 bits per heavy atom. The number of piperidine rings is 1. The van der Waals surface area contributed by atoms with Crippen LogP contribution in [-0.2, 0) is 0 Å². The van der Waals surface area contributed by atoms with Crippen LogP contribution in [0.1, 0.15) is 30.1 Å². The molecule has 5 heteroatoms. The van der Waals surface area contributed by atoms with Gasteiger partial charge in [-0.15, -0.1) is 0 Å². The van der Waals surface area contributed by atoms with Crippen molar-refractivity contribution in [1.29, 1.82) is 0 Å². The van der Waals surface area contributed by atoms with E-state index in [-0.39, 0.29) is 5.91 Å². The molecule has 0 atom stereocenters. The van der Waals surface area contributed by atoms with E-state index in [1.54, 1.807) is 30.0 Å². The quantitative estimate of drug-likeness (QED) is 0.789. The Morgan fingerprint density at radius 1 is 1.42 bits per heavy atom. The maximum absolute atomic E-state index is 12.4. The lowest BCUT2D eigenvalue weighted by Gasteiger charge is -2.36. The summed E-state index contributed by atoms with van der Waals surface area (Å²) in [4.78, 5) is 14.1. The van der Waals surface area contributed by atoms with Crippen molar-refractivity contribution in [2.24, 2.45) is 0 Å². The minimum atomic E-state index is -0.670. The Bertz CT molecular complexity index is 476. The van der Waals surface area contributed by atoms with Crippen molar-refractivity contribution in [3.63, 3.8) is 0 Å². The topological polar surface area (TPSA) is 75.8 Å². The van der Waals surface area contributed by atoms with Crippen molar-refractivity contribution in [3.05, 3.63) is 23.8 Å². The molecule has 1 aliphatic rings. The number of likely N-dealkylation sites (tertiary alicyclic amines) is 1. The molecule has 5 nitrogen and oxygen atoms in total. The van der Waals surface area contributed by atoms with E-state index in [0.29, 0.717) is 42.9 Å². The Morgan fingerprint density at radius 2 is 2.05 bits per heavy atom. The summed E-state index contributed by atoms with van der Waals surface area (Å²) in [6.07, 6.45) is 1.17. The molecule has 2 rings (SSSR count). The maximum Gasteiger partial charge on any atom is 0.256 e. The van der Waals surface area contributed by atoms with E-state index < -0.39 is 5.60 Å². The van der Waals surface area contributed by atoms with Gasteiger partial charge in [0.25, 0.3) is 5.91 Å². The average molecular weight is 264 g/mol. The standard InChI is InChI=1S/C14H20N2O3/c1-14(18)6-8-16(9-7-14)13(17)10-4-3-5-11(19-2)12(10)15/h3-5,18H,6-9,15H2,1-2H3. The number of methoxy groups -OCH3 is 1. The number of nitrogens with two attached hydrogens (primary N) is 1. The van der Waals surface area contributed by atoms with Crippen molar-refractivity contribution in [2.45, 2.75) is 25.4 Å². The van der Waals surface area contributed by atoms with Crippen LogP contribution in [0.3, 0.4) is 0 Å². The molecule has 1 saturated heterocycles. The summed E-state index contributed by atoms with van der Waals surface area (Å²) in [6.45, 7) is 2.89. The van der Waals surface area contributed by atoms with Crippen LogP contribution in [0.4, 0.5) is 5.69 Å². The van der Waals surface area contributed by atoms with Crippen molar-refractivity contribution in [2.75, 3.05) is 25.9 Å². The second-order valence-corrected chi connectivity index (χ2v) is 5.21. The number of aliphatic hydroxyl groups is 1. The minimum Gasteiger partial charge on any atom is -0.495 e. The first kappa shape index (κ1) is 13.7. The second kappa shape index (κ2) is 5.09. The van der Waals surface area contributed by atoms with E-state index in [0.717, 1.165) is 0 Å². The van der Waals surface area contributed by atoms with Gasteiger partial charge in [-0.25, -0.2) is 0 Å². The van der Waals surface area contributed by atoms with E-state index in [2.05, 4.69) is 0 Å². The number of amides is 1. The molecule has 0 spiro atoms. The Hall–Kier alpha value is -1.75. The average Bonchev–Trinajstić information content (AvgIpc) is 2.38. The fourth-order valence-corrected chi connectivity index (χ4v) is 2.27. The molecular formula is C14H20N2O3. The monoisotopic (exact) mass is 264 g/mol. The smallest absolute Gasteiger partial charge is 0.256 e. The lowest BCUT2D eigenvalue weighted by Crippen LogP contribution is -2.45. The van der Waals surface area contributed by atoms with Gasteiger partial charge in [0.1, 0.15) is 5.75 Å². The third kappa shape index (κ3) is 2.81. The summed E-state index contributed by atoms with van der Waals surface area (Å²) >= 11 is 0. The number of nitrogens with zero attached hydrogens (tertiary/aromatic N) is 1. The zero-order valence-electron chi connectivity index (χ0n) is 11.3. The van der Waals surface area contributed by atoms with Gasteiger partial charge in [-0.1, -0.05) is 6.07 Å². The van der Waals surface area contributed by atoms with Gasteiger partial charge in [-0.2, -0.15) is 0 Å². The van der Waals surface area contributed by atoms with Crippen molar-refractivity contribution >= 4 is 11.6 Å². The van der Waals surface area contributed by atoms with Gasteiger partial charge in [0.2, 0.25) is 0 Å². The number of benzene rings is 1. The van der Waals surface area contributed by atoms with Crippen LogP contribution >= 0.6 is 0 Å². The van der Waals surface area contributed by atoms with E-state index in [4.69, 9.17) is 10.5 Å². The normalized spacial score (nSPS) is 18.2. The molecule has 1 heterocycles.